The maximum absolute atomic E-state index is 11.8. The summed E-state index contributed by atoms with van der Waals surface area (Å²) in [6.07, 6.45) is 3.21. The van der Waals surface area contributed by atoms with Gasteiger partial charge in [0.25, 0.3) is 0 Å². The molecule has 0 aliphatic rings. The van der Waals surface area contributed by atoms with Crippen molar-refractivity contribution in [1.82, 2.24) is 14.7 Å². The van der Waals surface area contributed by atoms with E-state index in [0.29, 0.717) is 26.0 Å². The van der Waals surface area contributed by atoms with E-state index in [0.717, 1.165) is 21.9 Å². The summed E-state index contributed by atoms with van der Waals surface area (Å²) in [6, 6.07) is 10.1. The quantitative estimate of drug-likeness (QED) is 0.678. The number of rotatable bonds is 7. The molecule has 0 saturated heterocycles. The number of aryl methyl sites for hydroxylation is 1. The number of amides is 1. The predicted octanol–water partition coefficient (Wildman–Crippen LogP) is 2.76. The second kappa shape index (κ2) is 7.39. The minimum absolute atomic E-state index is 0.0461. The van der Waals surface area contributed by atoms with Crippen LogP contribution in [0.15, 0.2) is 41.9 Å². The monoisotopic (exact) mass is 329 g/mol. The molecule has 6 heteroatoms. The van der Waals surface area contributed by atoms with Crippen molar-refractivity contribution in [3.8, 4) is 11.3 Å². The molecule has 0 spiro atoms. The number of hydrogen-bond acceptors (Lipinski definition) is 4. The van der Waals surface area contributed by atoms with E-state index in [-0.39, 0.29) is 5.91 Å². The van der Waals surface area contributed by atoms with Crippen LogP contribution in [0.4, 0.5) is 0 Å². The zero-order chi connectivity index (χ0) is 16.1. The third kappa shape index (κ3) is 3.78. The lowest BCUT2D eigenvalue weighted by molar-refractivity contribution is -0.121. The summed E-state index contributed by atoms with van der Waals surface area (Å²) in [6.45, 7) is 1.09. The number of nitrogens with zero attached hydrogens (tertiary/aromatic N) is 2. The summed E-state index contributed by atoms with van der Waals surface area (Å²) >= 11 is 1.60. The van der Waals surface area contributed by atoms with Crippen LogP contribution in [-0.2, 0) is 16.0 Å². The maximum Gasteiger partial charge on any atom is 0.220 e. The summed E-state index contributed by atoms with van der Waals surface area (Å²) in [5.41, 5.74) is 3.18. The lowest BCUT2D eigenvalue weighted by Gasteiger charge is -2.04. The van der Waals surface area contributed by atoms with Crippen LogP contribution in [0.25, 0.3) is 16.2 Å². The van der Waals surface area contributed by atoms with E-state index in [4.69, 9.17) is 4.74 Å². The minimum Gasteiger partial charge on any atom is -0.383 e. The maximum atomic E-state index is 11.8. The first-order valence-corrected chi connectivity index (χ1v) is 8.42. The van der Waals surface area contributed by atoms with Crippen LogP contribution in [0.5, 0.6) is 0 Å². The Morgan fingerprint density at radius 3 is 2.96 bits per heavy atom. The third-order valence-corrected chi connectivity index (χ3v) is 4.48. The number of benzene rings is 1. The van der Waals surface area contributed by atoms with Gasteiger partial charge in [-0.25, -0.2) is 4.98 Å². The Hall–Kier alpha value is -2.18. The molecule has 0 radical (unpaired) electrons. The fourth-order valence-electron chi connectivity index (χ4n) is 2.38. The molecule has 1 N–H and O–H groups in total. The average molecular weight is 329 g/mol. The van der Waals surface area contributed by atoms with Gasteiger partial charge in [-0.05, 0) is 6.42 Å². The van der Waals surface area contributed by atoms with E-state index in [1.54, 1.807) is 18.4 Å². The molecular formula is C17H19N3O2S. The fourth-order valence-corrected chi connectivity index (χ4v) is 3.29. The fraction of sp³-hybridized carbons (Fsp3) is 0.294. The van der Waals surface area contributed by atoms with E-state index >= 15 is 0 Å². The van der Waals surface area contributed by atoms with Crippen LogP contribution in [0.2, 0.25) is 0 Å². The first kappa shape index (κ1) is 15.7. The van der Waals surface area contributed by atoms with Gasteiger partial charge in [-0.3, -0.25) is 9.20 Å². The Morgan fingerprint density at radius 2 is 2.17 bits per heavy atom. The Kier molecular flexibility index (Phi) is 5.05. The van der Waals surface area contributed by atoms with Gasteiger partial charge in [0.2, 0.25) is 5.91 Å². The molecule has 0 unspecified atom stereocenters. The molecule has 5 nitrogen and oxygen atoms in total. The Morgan fingerprint density at radius 1 is 1.35 bits per heavy atom. The average Bonchev–Trinajstić information content (AvgIpc) is 3.15. The normalized spacial score (nSPS) is 11.0. The zero-order valence-corrected chi connectivity index (χ0v) is 13.8. The largest absolute Gasteiger partial charge is 0.383 e. The molecule has 3 aromatic rings. The molecule has 23 heavy (non-hydrogen) atoms. The number of nitrogens with one attached hydrogen (secondary N) is 1. The van der Waals surface area contributed by atoms with Gasteiger partial charge in [0.15, 0.2) is 4.96 Å². The summed E-state index contributed by atoms with van der Waals surface area (Å²) < 4.78 is 7.00. The number of fused-ring (bicyclic) bond motifs is 1. The van der Waals surface area contributed by atoms with Crippen molar-refractivity contribution >= 4 is 22.2 Å². The number of thiazole rings is 1. The predicted molar refractivity (Wildman–Crippen MR) is 91.7 cm³/mol. The van der Waals surface area contributed by atoms with Crippen LogP contribution in [0.3, 0.4) is 0 Å². The lowest BCUT2D eigenvalue weighted by Crippen LogP contribution is -2.27. The van der Waals surface area contributed by atoms with Crippen LogP contribution in [0, 0.1) is 0 Å². The number of imidazole rings is 1. The molecule has 0 bridgehead atoms. The molecule has 3 rings (SSSR count). The van der Waals surface area contributed by atoms with E-state index in [1.165, 1.54) is 0 Å². The van der Waals surface area contributed by atoms with Gasteiger partial charge in [-0.1, -0.05) is 30.3 Å². The molecule has 2 heterocycles. The van der Waals surface area contributed by atoms with Crippen LogP contribution >= 0.6 is 11.3 Å². The minimum atomic E-state index is 0.0461. The van der Waals surface area contributed by atoms with E-state index < -0.39 is 0 Å². The Bertz CT molecular complexity index is 780. The summed E-state index contributed by atoms with van der Waals surface area (Å²) in [5, 5.41) is 4.91. The summed E-state index contributed by atoms with van der Waals surface area (Å²) in [4.78, 5) is 17.4. The van der Waals surface area contributed by atoms with Gasteiger partial charge in [0, 0.05) is 42.9 Å². The highest BCUT2D eigenvalue weighted by Crippen LogP contribution is 2.24. The highest BCUT2D eigenvalue weighted by atomic mass is 32.1. The van der Waals surface area contributed by atoms with Gasteiger partial charge >= 0.3 is 0 Å². The summed E-state index contributed by atoms with van der Waals surface area (Å²) in [5.74, 6) is 0.0461. The number of carbonyl (C=O) groups excluding carboxylic acids is 1. The molecule has 0 saturated carbocycles. The van der Waals surface area contributed by atoms with Gasteiger partial charge in [-0.2, -0.15) is 0 Å². The van der Waals surface area contributed by atoms with Crippen LogP contribution < -0.4 is 5.32 Å². The zero-order valence-electron chi connectivity index (χ0n) is 13.0. The molecule has 0 fully saturated rings. The van der Waals surface area contributed by atoms with Gasteiger partial charge < -0.3 is 10.1 Å². The Balaban J connectivity index is 1.68. The third-order valence-electron chi connectivity index (χ3n) is 3.59. The van der Waals surface area contributed by atoms with Crippen molar-refractivity contribution in [2.45, 2.75) is 12.8 Å². The van der Waals surface area contributed by atoms with Gasteiger partial charge in [0.05, 0.1) is 12.3 Å². The smallest absolute Gasteiger partial charge is 0.220 e. The van der Waals surface area contributed by atoms with Gasteiger partial charge in [0.1, 0.15) is 0 Å². The van der Waals surface area contributed by atoms with Crippen molar-refractivity contribution in [1.29, 1.82) is 0 Å². The second-order valence-corrected chi connectivity index (χ2v) is 6.05. The lowest BCUT2D eigenvalue weighted by atomic mass is 10.2. The number of hydrogen-bond donors (Lipinski definition) is 1. The second-order valence-electron chi connectivity index (χ2n) is 5.21. The first-order valence-electron chi connectivity index (χ1n) is 7.54. The van der Waals surface area contributed by atoms with Crippen molar-refractivity contribution in [2.24, 2.45) is 0 Å². The highest BCUT2D eigenvalue weighted by Gasteiger charge is 2.10. The highest BCUT2D eigenvalue weighted by molar-refractivity contribution is 7.15. The number of aromatic nitrogens is 2. The van der Waals surface area contributed by atoms with Crippen molar-refractivity contribution in [3.63, 3.8) is 0 Å². The van der Waals surface area contributed by atoms with E-state index in [1.807, 2.05) is 24.4 Å². The van der Waals surface area contributed by atoms with E-state index in [9.17, 15) is 4.79 Å². The first-order chi connectivity index (χ1) is 11.3. The molecule has 2 aromatic heterocycles. The van der Waals surface area contributed by atoms with Crippen molar-refractivity contribution in [2.75, 3.05) is 20.3 Å². The van der Waals surface area contributed by atoms with Crippen LogP contribution in [-0.4, -0.2) is 35.6 Å². The SMILES string of the molecule is COCCNC(=O)CCc1csc2nc(-c3ccccc3)cn12. The molecule has 1 amide bonds. The molecule has 1 aromatic carbocycles. The van der Waals surface area contributed by atoms with Crippen LogP contribution in [0.1, 0.15) is 12.1 Å². The molecule has 0 aliphatic carbocycles. The molecule has 0 aliphatic heterocycles. The number of methoxy groups -OCH3 is 1. The van der Waals surface area contributed by atoms with Crippen molar-refractivity contribution < 1.29 is 9.53 Å². The number of ether oxygens (including phenoxy) is 1. The molecule has 0 atom stereocenters. The van der Waals surface area contributed by atoms with Gasteiger partial charge in [-0.15, -0.1) is 11.3 Å². The summed E-state index contributed by atoms with van der Waals surface area (Å²) in [7, 11) is 1.62. The molecule has 120 valence electrons. The van der Waals surface area contributed by atoms with Crippen molar-refractivity contribution in [3.05, 3.63) is 47.6 Å². The topological polar surface area (TPSA) is 55.6 Å². The number of carbonyl (C=O) groups is 1. The Labute approximate surface area is 138 Å². The standard InChI is InChI=1S/C17H19N3O2S/c1-22-10-9-18-16(21)8-7-14-12-23-17-19-15(11-20(14)17)13-5-3-2-4-6-13/h2-6,11-12H,7-10H2,1H3,(H,18,21). The van der Waals surface area contributed by atoms with E-state index in [2.05, 4.69) is 32.2 Å². The molecular weight excluding hydrogens is 310 g/mol.